The molecule has 4 rings (SSSR count). The maximum Gasteiger partial charge on any atom is 0.264 e. The van der Waals surface area contributed by atoms with Crippen LogP contribution in [0.25, 0.3) is 0 Å². The molecule has 174 valence electrons. The number of aryl methyl sites for hydroxylation is 1. The van der Waals surface area contributed by atoms with Crippen molar-refractivity contribution in [1.82, 2.24) is 9.80 Å². The molecule has 0 fully saturated rings. The summed E-state index contributed by atoms with van der Waals surface area (Å²) in [6.45, 7) is 7.26. The van der Waals surface area contributed by atoms with Crippen LogP contribution >= 0.6 is 22.7 Å². The SMILES string of the molecule is CC[C@@H](C)N(CC(=O)N(Cc1ccc2c(c1)OCO2)Cc1sccc1C)C(=O)c1cccs1. The normalized spacial score (nSPS) is 13.1. The Bertz CT molecular complexity index is 1110. The lowest BCUT2D eigenvalue weighted by atomic mass is 10.1. The fourth-order valence-electron chi connectivity index (χ4n) is 3.67. The first-order valence-corrected chi connectivity index (χ1v) is 12.8. The van der Waals surface area contributed by atoms with Gasteiger partial charge in [0.15, 0.2) is 11.5 Å². The van der Waals surface area contributed by atoms with Crippen LogP contribution in [0.3, 0.4) is 0 Å². The summed E-state index contributed by atoms with van der Waals surface area (Å²) >= 11 is 3.04. The molecule has 0 saturated heterocycles. The molecule has 1 aromatic carbocycles. The first-order valence-electron chi connectivity index (χ1n) is 11.0. The second kappa shape index (κ2) is 10.4. The van der Waals surface area contributed by atoms with Gasteiger partial charge >= 0.3 is 0 Å². The van der Waals surface area contributed by atoms with Gasteiger partial charge in [-0.1, -0.05) is 19.1 Å². The largest absolute Gasteiger partial charge is 0.454 e. The molecule has 0 spiro atoms. The number of fused-ring (bicyclic) bond motifs is 1. The molecule has 1 aliphatic heterocycles. The van der Waals surface area contributed by atoms with Gasteiger partial charge in [-0.15, -0.1) is 22.7 Å². The summed E-state index contributed by atoms with van der Waals surface area (Å²) < 4.78 is 10.9. The highest BCUT2D eigenvalue weighted by Crippen LogP contribution is 2.33. The molecule has 33 heavy (non-hydrogen) atoms. The molecule has 1 atom stereocenters. The number of ether oxygens (including phenoxy) is 2. The molecule has 2 amide bonds. The van der Waals surface area contributed by atoms with Crippen LogP contribution in [0.1, 0.15) is 45.9 Å². The van der Waals surface area contributed by atoms with Crippen molar-refractivity contribution in [2.75, 3.05) is 13.3 Å². The smallest absolute Gasteiger partial charge is 0.264 e. The van der Waals surface area contributed by atoms with Crippen LogP contribution in [0.4, 0.5) is 0 Å². The summed E-state index contributed by atoms with van der Waals surface area (Å²) in [6, 6.07) is 11.5. The molecule has 0 bridgehead atoms. The van der Waals surface area contributed by atoms with E-state index in [-0.39, 0.29) is 31.2 Å². The van der Waals surface area contributed by atoms with Crippen molar-refractivity contribution < 1.29 is 19.1 Å². The minimum Gasteiger partial charge on any atom is -0.454 e. The summed E-state index contributed by atoms with van der Waals surface area (Å²) in [6.07, 6.45) is 0.774. The molecule has 2 aromatic heterocycles. The summed E-state index contributed by atoms with van der Waals surface area (Å²) in [5, 5.41) is 3.93. The highest BCUT2D eigenvalue weighted by Gasteiger charge is 2.27. The molecule has 6 nitrogen and oxygen atoms in total. The van der Waals surface area contributed by atoms with Crippen molar-refractivity contribution in [3.8, 4) is 11.5 Å². The van der Waals surface area contributed by atoms with Crippen LogP contribution in [0.5, 0.6) is 11.5 Å². The van der Waals surface area contributed by atoms with Crippen LogP contribution in [0, 0.1) is 6.92 Å². The lowest BCUT2D eigenvalue weighted by molar-refractivity contribution is -0.133. The Hall–Kier alpha value is -2.84. The van der Waals surface area contributed by atoms with Gasteiger partial charge in [0, 0.05) is 17.5 Å². The second-order valence-electron chi connectivity index (χ2n) is 8.13. The quantitative estimate of drug-likeness (QED) is 0.413. The molecule has 0 N–H and O–H groups in total. The second-order valence-corrected chi connectivity index (χ2v) is 10.1. The first-order chi connectivity index (χ1) is 16.0. The Morgan fingerprint density at radius 2 is 1.88 bits per heavy atom. The van der Waals surface area contributed by atoms with Crippen LogP contribution in [0.15, 0.2) is 47.2 Å². The van der Waals surface area contributed by atoms with Gasteiger partial charge < -0.3 is 19.3 Å². The van der Waals surface area contributed by atoms with E-state index in [1.807, 2.05) is 59.8 Å². The van der Waals surface area contributed by atoms with Crippen molar-refractivity contribution >= 4 is 34.5 Å². The van der Waals surface area contributed by atoms with E-state index in [0.717, 1.165) is 28.2 Å². The van der Waals surface area contributed by atoms with Crippen molar-refractivity contribution in [3.63, 3.8) is 0 Å². The minimum atomic E-state index is -0.0944. The zero-order valence-electron chi connectivity index (χ0n) is 19.1. The predicted octanol–water partition coefficient (Wildman–Crippen LogP) is 5.32. The summed E-state index contributed by atoms with van der Waals surface area (Å²) in [7, 11) is 0. The predicted molar refractivity (Wildman–Crippen MR) is 131 cm³/mol. The van der Waals surface area contributed by atoms with Gasteiger partial charge in [-0.2, -0.15) is 0 Å². The molecule has 8 heteroatoms. The molecule has 0 radical (unpaired) electrons. The standard InChI is InChI=1S/C25H28N2O4S2/c1-4-18(3)27(25(29)22-6-5-10-32-22)15-24(28)26(14-23-17(2)9-11-33-23)13-19-7-8-20-21(12-19)31-16-30-20/h5-12,18H,4,13-16H2,1-3H3/t18-/m1/s1. The van der Waals surface area contributed by atoms with Crippen LogP contribution in [-0.4, -0.2) is 41.0 Å². The van der Waals surface area contributed by atoms with Crippen molar-refractivity contribution in [3.05, 3.63) is 68.0 Å². The number of amides is 2. The number of thiophene rings is 2. The third-order valence-corrected chi connectivity index (χ3v) is 7.75. The van der Waals surface area contributed by atoms with E-state index < -0.39 is 0 Å². The fraction of sp³-hybridized carbons (Fsp3) is 0.360. The van der Waals surface area contributed by atoms with Crippen molar-refractivity contribution in [2.24, 2.45) is 0 Å². The maximum atomic E-state index is 13.6. The summed E-state index contributed by atoms with van der Waals surface area (Å²) in [5.41, 5.74) is 2.12. The van der Waals surface area contributed by atoms with E-state index in [1.54, 1.807) is 16.2 Å². The maximum absolute atomic E-state index is 13.6. The minimum absolute atomic E-state index is 0.0422. The molecule has 0 unspecified atom stereocenters. The first kappa shape index (κ1) is 23.3. The number of rotatable bonds is 9. The van der Waals surface area contributed by atoms with E-state index in [4.69, 9.17) is 9.47 Å². The van der Waals surface area contributed by atoms with E-state index in [2.05, 4.69) is 13.0 Å². The van der Waals surface area contributed by atoms with Gasteiger partial charge in [-0.3, -0.25) is 9.59 Å². The van der Waals surface area contributed by atoms with Gasteiger partial charge in [0.25, 0.3) is 5.91 Å². The topological polar surface area (TPSA) is 59.1 Å². The Balaban J connectivity index is 1.57. The molecular formula is C25H28N2O4S2. The lowest BCUT2D eigenvalue weighted by Gasteiger charge is -2.31. The van der Waals surface area contributed by atoms with Gasteiger partial charge in [-0.05, 0) is 66.4 Å². The van der Waals surface area contributed by atoms with Crippen molar-refractivity contribution in [1.29, 1.82) is 0 Å². The molecule has 3 aromatic rings. The van der Waals surface area contributed by atoms with E-state index in [1.165, 1.54) is 11.3 Å². The number of carbonyl (C=O) groups excluding carboxylic acids is 2. The Morgan fingerprint density at radius 3 is 2.58 bits per heavy atom. The van der Waals surface area contributed by atoms with E-state index in [0.29, 0.717) is 23.7 Å². The number of nitrogens with zero attached hydrogens (tertiary/aromatic N) is 2. The Morgan fingerprint density at radius 1 is 1.06 bits per heavy atom. The van der Waals surface area contributed by atoms with Crippen LogP contribution in [0.2, 0.25) is 0 Å². The molecule has 0 aliphatic carbocycles. The van der Waals surface area contributed by atoms with E-state index >= 15 is 0 Å². The highest BCUT2D eigenvalue weighted by atomic mass is 32.1. The lowest BCUT2D eigenvalue weighted by Crippen LogP contribution is -2.46. The molecule has 0 saturated carbocycles. The molecule has 3 heterocycles. The zero-order chi connectivity index (χ0) is 23.4. The zero-order valence-corrected chi connectivity index (χ0v) is 20.7. The molecule has 1 aliphatic rings. The average molecular weight is 485 g/mol. The number of benzene rings is 1. The molecular weight excluding hydrogens is 456 g/mol. The summed E-state index contributed by atoms with van der Waals surface area (Å²) in [5.74, 6) is 1.24. The Kier molecular flexibility index (Phi) is 7.35. The summed E-state index contributed by atoms with van der Waals surface area (Å²) in [4.78, 5) is 32.1. The van der Waals surface area contributed by atoms with Crippen LogP contribution in [-0.2, 0) is 17.9 Å². The number of hydrogen-bond donors (Lipinski definition) is 0. The highest BCUT2D eigenvalue weighted by molar-refractivity contribution is 7.12. The van der Waals surface area contributed by atoms with Gasteiger partial charge in [-0.25, -0.2) is 0 Å². The third kappa shape index (κ3) is 5.39. The number of carbonyl (C=O) groups is 2. The average Bonchev–Trinajstić information content (AvgIpc) is 3.58. The third-order valence-electron chi connectivity index (χ3n) is 5.89. The Labute approximate surface area is 202 Å². The van der Waals surface area contributed by atoms with Gasteiger partial charge in [0.1, 0.15) is 6.54 Å². The van der Waals surface area contributed by atoms with Gasteiger partial charge in [0.2, 0.25) is 12.7 Å². The monoisotopic (exact) mass is 484 g/mol. The van der Waals surface area contributed by atoms with Crippen LogP contribution < -0.4 is 9.47 Å². The number of hydrogen-bond acceptors (Lipinski definition) is 6. The van der Waals surface area contributed by atoms with E-state index in [9.17, 15) is 9.59 Å². The fourth-order valence-corrected chi connectivity index (χ4v) is 5.27. The van der Waals surface area contributed by atoms with Gasteiger partial charge in [0.05, 0.1) is 11.4 Å². The van der Waals surface area contributed by atoms with Crippen molar-refractivity contribution in [2.45, 2.75) is 46.3 Å².